The van der Waals surface area contributed by atoms with E-state index in [1.165, 1.54) is 6.26 Å². The molecule has 0 atom stereocenters. The zero-order valence-electron chi connectivity index (χ0n) is 12.0. The molecule has 0 bridgehead atoms. The summed E-state index contributed by atoms with van der Waals surface area (Å²) in [4.78, 5) is 24.0. The Kier molecular flexibility index (Phi) is 3.74. The first-order valence-corrected chi connectivity index (χ1v) is 7.00. The van der Waals surface area contributed by atoms with Gasteiger partial charge in [0.05, 0.1) is 5.39 Å². The molecule has 0 aliphatic heterocycles. The van der Waals surface area contributed by atoms with Crippen molar-refractivity contribution in [2.75, 3.05) is 0 Å². The summed E-state index contributed by atoms with van der Waals surface area (Å²) in [7, 11) is 0. The minimum absolute atomic E-state index is 0.0896. The molecular formula is C18H14O4. The summed E-state index contributed by atoms with van der Waals surface area (Å²) in [5.41, 5.74) is 0.178. The van der Waals surface area contributed by atoms with Crippen molar-refractivity contribution in [2.45, 2.75) is 13.3 Å². The molecule has 3 rings (SSSR count). The van der Waals surface area contributed by atoms with Crippen molar-refractivity contribution in [3.8, 4) is 11.5 Å². The van der Waals surface area contributed by atoms with Gasteiger partial charge in [0.1, 0.15) is 28.9 Å². The summed E-state index contributed by atoms with van der Waals surface area (Å²) in [5.74, 6) is 1.04. The second-order valence-electron chi connectivity index (χ2n) is 4.83. The molecule has 1 aromatic heterocycles. The van der Waals surface area contributed by atoms with E-state index in [2.05, 4.69) is 0 Å². The quantitative estimate of drug-likeness (QED) is 0.677. The standard InChI is InChI=1S/C18H14O4/c1-2-16(19)15-11-21-17-10-13(8-9-14(17)18(15)20)22-12-6-4-3-5-7-12/h3-11H,2H2,1H3. The third-order valence-corrected chi connectivity index (χ3v) is 3.35. The molecule has 0 saturated heterocycles. The number of para-hydroxylation sites is 1. The number of benzene rings is 2. The highest BCUT2D eigenvalue weighted by molar-refractivity contribution is 5.98. The summed E-state index contributed by atoms with van der Waals surface area (Å²) in [6, 6.07) is 14.3. The summed E-state index contributed by atoms with van der Waals surface area (Å²) in [5, 5.41) is 0.375. The van der Waals surface area contributed by atoms with Gasteiger partial charge in [-0.1, -0.05) is 25.1 Å². The van der Waals surface area contributed by atoms with Gasteiger partial charge < -0.3 is 9.15 Å². The lowest BCUT2D eigenvalue weighted by atomic mass is 10.1. The zero-order chi connectivity index (χ0) is 15.5. The topological polar surface area (TPSA) is 56.5 Å². The van der Waals surface area contributed by atoms with Crippen molar-refractivity contribution in [3.63, 3.8) is 0 Å². The molecular weight excluding hydrogens is 280 g/mol. The molecule has 2 aromatic carbocycles. The molecule has 0 radical (unpaired) electrons. The minimum Gasteiger partial charge on any atom is -0.463 e. The van der Waals surface area contributed by atoms with E-state index in [1.54, 1.807) is 25.1 Å². The van der Waals surface area contributed by atoms with Gasteiger partial charge in [-0.25, -0.2) is 0 Å². The van der Waals surface area contributed by atoms with Crippen LogP contribution in [0.2, 0.25) is 0 Å². The van der Waals surface area contributed by atoms with Gasteiger partial charge in [-0.2, -0.15) is 0 Å². The molecule has 110 valence electrons. The van der Waals surface area contributed by atoms with Crippen LogP contribution in [0.5, 0.6) is 11.5 Å². The number of hydrogen-bond donors (Lipinski definition) is 0. The van der Waals surface area contributed by atoms with E-state index >= 15 is 0 Å². The van der Waals surface area contributed by atoms with Crippen LogP contribution in [0, 0.1) is 0 Å². The van der Waals surface area contributed by atoms with E-state index < -0.39 is 0 Å². The monoisotopic (exact) mass is 294 g/mol. The van der Waals surface area contributed by atoms with Gasteiger partial charge in [0.25, 0.3) is 0 Å². The average molecular weight is 294 g/mol. The number of carbonyl (C=O) groups excluding carboxylic acids is 1. The third kappa shape index (κ3) is 2.63. The third-order valence-electron chi connectivity index (χ3n) is 3.35. The van der Waals surface area contributed by atoms with E-state index in [0.29, 0.717) is 22.5 Å². The van der Waals surface area contributed by atoms with Crippen molar-refractivity contribution in [1.82, 2.24) is 0 Å². The fourth-order valence-electron chi connectivity index (χ4n) is 2.18. The van der Waals surface area contributed by atoms with Crippen LogP contribution < -0.4 is 10.2 Å². The molecule has 0 fully saturated rings. The molecule has 3 aromatic rings. The Labute approximate surface area is 127 Å². The van der Waals surface area contributed by atoms with E-state index in [0.717, 1.165) is 0 Å². The summed E-state index contributed by atoms with van der Waals surface area (Å²) in [6.45, 7) is 1.71. The maximum absolute atomic E-state index is 12.3. The fourth-order valence-corrected chi connectivity index (χ4v) is 2.18. The highest BCUT2D eigenvalue weighted by Crippen LogP contribution is 2.24. The van der Waals surface area contributed by atoms with Crippen LogP contribution >= 0.6 is 0 Å². The lowest BCUT2D eigenvalue weighted by molar-refractivity contribution is 0.0985. The Balaban J connectivity index is 2.01. The van der Waals surface area contributed by atoms with Gasteiger partial charge in [-0.3, -0.25) is 9.59 Å². The van der Waals surface area contributed by atoms with Gasteiger partial charge in [0.2, 0.25) is 5.43 Å². The van der Waals surface area contributed by atoms with Crippen LogP contribution in [0.1, 0.15) is 23.7 Å². The maximum Gasteiger partial charge on any atom is 0.203 e. The molecule has 0 saturated carbocycles. The largest absolute Gasteiger partial charge is 0.463 e. The van der Waals surface area contributed by atoms with Gasteiger partial charge in [0, 0.05) is 12.5 Å². The summed E-state index contributed by atoms with van der Waals surface area (Å²) < 4.78 is 11.1. The number of hydrogen-bond acceptors (Lipinski definition) is 4. The van der Waals surface area contributed by atoms with Crippen LogP contribution in [0.3, 0.4) is 0 Å². The van der Waals surface area contributed by atoms with Crippen LogP contribution in [-0.2, 0) is 0 Å². The second-order valence-corrected chi connectivity index (χ2v) is 4.83. The molecule has 4 nitrogen and oxygen atoms in total. The van der Waals surface area contributed by atoms with Crippen molar-refractivity contribution >= 4 is 16.8 Å². The Morgan fingerprint density at radius 1 is 1.09 bits per heavy atom. The van der Waals surface area contributed by atoms with Crippen molar-refractivity contribution in [2.24, 2.45) is 0 Å². The van der Waals surface area contributed by atoms with Gasteiger partial charge >= 0.3 is 0 Å². The first-order chi connectivity index (χ1) is 10.7. The second kappa shape index (κ2) is 5.85. The molecule has 0 N–H and O–H groups in total. The Morgan fingerprint density at radius 3 is 2.59 bits per heavy atom. The highest BCUT2D eigenvalue weighted by atomic mass is 16.5. The van der Waals surface area contributed by atoms with Gasteiger partial charge in [0.15, 0.2) is 5.78 Å². The first kappa shape index (κ1) is 14.1. The van der Waals surface area contributed by atoms with Crippen LogP contribution in [0.25, 0.3) is 11.0 Å². The van der Waals surface area contributed by atoms with Crippen molar-refractivity contribution in [1.29, 1.82) is 0 Å². The Morgan fingerprint density at radius 2 is 1.86 bits per heavy atom. The van der Waals surface area contributed by atoms with Gasteiger partial charge in [-0.15, -0.1) is 0 Å². The molecule has 0 amide bonds. The normalized spacial score (nSPS) is 10.6. The smallest absolute Gasteiger partial charge is 0.203 e. The van der Waals surface area contributed by atoms with E-state index in [4.69, 9.17) is 9.15 Å². The van der Waals surface area contributed by atoms with Crippen molar-refractivity contribution in [3.05, 3.63) is 70.6 Å². The highest BCUT2D eigenvalue weighted by Gasteiger charge is 2.13. The predicted octanol–water partition coefficient (Wildman–Crippen LogP) is 4.18. The molecule has 4 heteroatoms. The number of fused-ring (bicyclic) bond motifs is 1. The lowest BCUT2D eigenvalue weighted by Crippen LogP contribution is -2.13. The average Bonchev–Trinajstić information content (AvgIpc) is 2.55. The predicted molar refractivity (Wildman–Crippen MR) is 83.6 cm³/mol. The number of ether oxygens (including phenoxy) is 1. The molecule has 1 heterocycles. The molecule has 0 aliphatic carbocycles. The minimum atomic E-state index is -0.306. The van der Waals surface area contributed by atoms with Crippen molar-refractivity contribution < 1.29 is 13.9 Å². The lowest BCUT2D eigenvalue weighted by Gasteiger charge is -2.06. The Hall–Kier alpha value is -2.88. The van der Waals surface area contributed by atoms with Crippen LogP contribution in [0.4, 0.5) is 0 Å². The first-order valence-electron chi connectivity index (χ1n) is 7.00. The van der Waals surface area contributed by atoms with E-state index in [9.17, 15) is 9.59 Å². The number of ketones is 1. The van der Waals surface area contributed by atoms with E-state index in [1.807, 2.05) is 30.3 Å². The van der Waals surface area contributed by atoms with Crippen LogP contribution in [0.15, 0.2) is 64.0 Å². The number of carbonyl (C=O) groups is 1. The summed E-state index contributed by atoms with van der Waals surface area (Å²) in [6.07, 6.45) is 1.49. The molecule has 0 spiro atoms. The fraction of sp³-hybridized carbons (Fsp3) is 0.111. The number of rotatable bonds is 4. The molecule has 0 aliphatic rings. The van der Waals surface area contributed by atoms with E-state index in [-0.39, 0.29) is 23.2 Å². The van der Waals surface area contributed by atoms with Gasteiger partial charge in [-0.05, 0) is 24.3 Å². The number of Topliss-reactive ketones (excluding diaryl/α,β-unsaturated/α-hetero) is 1. The zero-order valence-corrected chi connectivity index (χ0v) is 12.0. The maximum atomic E-state index is 12.3. The molecule has 22 heavy (non-hydrogen) atoms. The SMILES string of the molecule is CCC(=O)c1coc2cc(Oc3ccccc3)ccc2c1=O. The Bertz CT molecular complexity index is 878. The van der Waals surface area contributed by atoms with Crippen LogP contribution in [-0.4, -0.2) is 5.78 Å². The summed E-state index contributed by atoms with van der Waals surface area (Å²) >= 11 is 0. The molecule has 0 unspecified atom stereocenters.